The average Bonchev–Trinajstić information content (AvgIpc) is 2.53. The fraction of sp³-hybridized carbons (Fsp3) is 0.562. The highest BCUT2D eigenvalue weighted by molar-refractivity contribution is 5.88. The number of aromatic hydroxyl groups is 1. The first kappa shape index (κ1) is 13.9. The largest absolute Gasteiger partial charge is 0.508 e. The average molecular weight is 261 g/mol. The Labute approximate surface area is 115 Å². The zero-order valence-corrected chi connectivity index (χ0v) is 11.9. The predicted octanol–water partition coefficient (Wildman–Crippen LogP) is 3.07. The lowest BCUT2D eigenvalue weighted by molar-refractivity contribution is -0.135. The minimum atomic E-state index is -0.446. The summed E-state index contributed by atoms with van der Waals surface area (Å²) in [4.78, 5) is 14.7. The molecule has 19 heavy (non-hydrogen) atoms. The molecule has 0 aliphatic carbocycles. The number of likely N-dealkylation sites (N-methyl/N-ethyl adjacent to an activating group) is 1. The van der Waals surface area contributed by atoms with Crippen LogP contribution in [-0.4, -0.2) is 29.5 Å². The molecule has 1 aromatic carbocycles. The third-order valence-electron chi connectivity index (χ3n) is 4.18. The van der Waals surface area contributed by atoms with Gasteiger partial charge in [-0.2, -0.15) is 0 Å². The second-order valence-corrected chi connectivity index (χ2v) is 5.57. The maximum Gasteiger partial charge on any atom is 0.232 e. The summed E-state index contributed by atoms with van der Waals surface area (Å²) < 4.78 is 0. The van der Waals surface area contributed by atoms with Crippen molar-refractivity contribution >= 4 is 5.91 Å². The first-order valence-electron chi connectivity index (χ1n) is 7.15. The Hall–Kier alpha value is -1.51. The lowest BCUT2D eigenvalue weighted by Gasteiger charge is -2.34. The van der Waals surface area contributed by atoms with Gasteiger partial charge >= 0.3 is 0 Å². The van der Waals surface area contributed by atoms with Gasteiger partial charge in [-0.05, 0) is 37.0 Å². The minimum absolute atomic E-state index is 0.206. The van der Waals surface area contributed by atoms with Gasteiger partial charge in [-0.25, -0.2) is 0 Å². The van der Waals surface area contributed by atoms with Crippen LogP contribution in [0.2, 0.25) is 0 Å². The van der Waals surface area contributed by atoms with Crippen LogP contribution in [0.3, 0.4) is 0 Å². The molecule has 1 amide bonds. The lowest BCUT2D eigenvalue weighted by atomic mass is 9.72. The van der Waals surface area contributed by atoms with Gasteiger partial charge in [0, 0.05) is 13.6 Å². The van der Waals surface area contributed by atoms with Crippen molar-refractivity contribution in [2.75, 3.05) is 13.6 Å². The Morgan fingerprint density at radius 1 is 1.37 bits per heavy atom. The maximum absolute atomic E-state index is 12.8. The first-order chi connectivity index (χ1) is 9.10. The Kier molecular flexibility index (Phi) is 4.13. The highest BCUT2D eigenvalue weighted by Gasteiger charge is 2.42. The number of phenols is 1. The molecule has 0 aromatic heterocycles. The molecular formula is C16H23NO2. The maximum atomic E-state index is 12.8. The number of nitrogens with zero attached hydrogens (tertiary/aromatic N) is 1. The molecule has 1 aliphatic heterocycles. The number of likely N-dealkylation sites (tertiary alicyclic amines) is 1. The molecular weight excluding hydrogens is 238 g/mol. The van der Waals surface area contributed by atoms with E-state index in [0.717, 1.165) is 44.2 Å². The highest BCUT2D eigenvalue weighted by Crippen LogP contribution is 2.39. The van der Waals surface area contributed by atoms with Crippen molar-refractivity contribution in [2.24, 2.45) is 0 Å². The minimum Gasteiger partial charge on any atom is -0.508 e. The van der Waals surface area contributed by atoms with Gasteiger partial charge in [-0.3, -0.25) is 4.79 Å². The van der Waals surface area contributed by atoms with Gasteiger partial charge in [0.2, 0.25) is 5.91 Å². The Morgan fingerprint density at radius 2 is 2.16 bits per heavy atom. The van der Waals surface area contributed by atoms with E-state index in [2.05, 4.69) is 6.92 Å². The van der Waals surface area contributed by atoms with Crippen molar-refractivity contribution in [1.29, 1.82) is 0 Å². The predicted molar refractivity (Wildman–Crippen MR) is 76.2 cm³/mol. The zero-order valence-electron chi connectivity index (χ0n) is 11.9. The summed E-state index contributed by atoms with van der Waals surface area (Å²) in [6.45, 7) is 2.95. The number of amides is 1. The van der Waals surface area contributed by atoms with Crippen LogP contribution in [0.15, 0.2) is 24.3 Å². The van der Waals surface area contributed by atoms with Gasteiger partial charge in [-0.1, -0.05) is 31.9 Å². The third kappa shape index (κ3) is 2.60. The molecule has 0 spiro atoms. The van der Waals surface area contributed by atoms with Crippen molar-refractivity contribution in [2.45, 2.75) is 44.4 Å². The normalized spacial score (nSPS) is 24.3. The number of hydrogen-bond acceptors (Lipinski definition) is 2. The molecule has 0 bridgehead atoms. The van der Waals surface area contributed by atoms with Gasteiger partial charge in [-0.15, -0.1) is 0 Å². The number of carbonyl (C=O) groups is 1. The molecule has 1 atom stereocenters. The molecule has 1 saturated heterocycles. The summed E-state index contributed by atoms with van der Waals surface area (Å²) in [6.07, 6.45) is 4.82. The summed E-state index contributed by atoms with van der Waals surface area (Å²) in [6, 6.07) is 7.23. The number of rotatable bonds is 3. The molecule has 3 nitrogen and oxygen atoms in total. The lowest BCUT2D eigenvalue weighted by Crippen LogP contribution is -2.43. The van der Waals surface area contributed by atoms with E-state index in [0.29, 0.717) is 0 Å². The van der Waals surface area contributed by atoms with Crippen molar-refractivity contribution in [3.05, 3.63) is 29.8 Å². The number of phenolic OH excluding ortho intramolecular Hbond substituents is 1. The van der Waals surface area contributed by atoms with Crippen LogP contribution < -0.4 is 0 Å². The van der Waals surface area contributed by atoms with Crippen LogP contribution in [-0.2, 0) is 10.2 Å². The number of benzene rings is 1. The van der Waals surface area contributed by atoms with Crippen molar-refractivity contribution in [1.82, 2.24) is 4.90 Å². The van der Waals surface area contributed by atoms with Crippen molar-refractivity contribution in [3.8, 4) is 5.75 Å². The van der Waals surface area contributed by atoms with Crippen LogP contribution in [0.5, 0.6) is 5.75 Å². The summed E-state index contributed by atoms with van der Waals surface area (Å²) in [5, 5.41) is 9.72. The summed E-state index contributed by atoms with van der Waals surface area (Å²) in [5.74, 6) is 0.449. The van der Waals surface area contributed by atoms with Crippen LogP contribution in [0, 0.1) is 0 Å². The van der Waals surface area contributed by atoms with Gasteiger partial charge in [0.1, 0.15) is 5.75 Å². The molecule has 2 rings (SSSR count). The molecule has 0 unspecified atom stereocenters. The quantitative estimate of drug-likeness (QED) is 0.908. The number of carbonyl (C=O) groups excluding carboxylic acids is 1. The van der Waals surface area contributed by atoms with E-state index in [1.165, 1.54) is 0 Å². The monoisotopic (exact) mass is 261 g/mol. The smallest absolute Gasteiger partial charge is 0.232 e. The van der Waals surface area contributed by atoms with Gasteiger partial charge in [0.15, 0.2) is 0 Å². The molecule has 1 aliphatic rings. The molecule has 3 heteroatoms. The number of hydrogen-bond donors (Lipinski definition) is 1. The van der Waals surface area contributed by atoms with E-state index < -0.39 is 5.41 Å². The Morgan fingerprint density at radius 3 is 2.84 bits per heavy atom. The second kappa shape index (κ2) is 5.64. The Bertz CT molecular complexity index is 458. The van der Waals surface area contributed by atoms with Gasteiger partial charge in [0.05, 0.1) is 5.41 Å². The molecule has 1 N–H and O–H groups in total. The second-order valence-electron chi connectivity index (χ2n) is 5.57. The van der Waals surface area contributed by atoms with Crippen molar-refractivity contribution in [3.63, 3.8) is 0 Å². The third-order valence-corrected chi connectivity index (χ3v) is 4.18. The summed E-state index contributed by atoms with van der Waals surface area (Å²) in [7, 11) is 1.89. The molecule has 1 heterocycles. The SMILES string of the molecule is CCC[C@@]1(c2cccc(O)c2)CCCCN(C)C1=O. The van der Waals surface area contributed by atoms with Crippen molar-refractivity contribution < 1.29 is 9.90 Å². The Balaban J connectivity index is 2.48. The van der Waals surface area contributed by atoms with Crippen LogP contribution in [0.25, 0.3) is 0 Å². The van der Waals surface area contributed by atoms with E-state index in [9.17, 15) is 9.90 Å². The summed E-state index contributed by atoms with van der Waals surface area (Å²) >= 11 is 0. The van der Waals surface area contributed by atoms with Gasteiger partial charge in [0.25, 0.3) is 0 Å². The molecule has 1 aromatic rings. The molecule has 1 fully saturated rings. The van der Waals surface area contributed by atoms with Crippen LogP contribution in [0.1, 0.15) is 44.6 Å². The standard InChI is InChI=1S/C16H23NO2/c1-3-9-16(13-7-6-8-14(18)12-13)10-4-5-11-17(2)15(16)19/h6-8,12,18H,3-5,9-11H2,1-2H3/t16-/m0/s1. The highest BCUT2D eigenvalue weighted by atomic mass is 16.3. The fourth-order valence-corrected chi connectivity index (χ4v) is 3.22. The fourth-order valence-electron chi connectivity index (χ4n) is 3.22. The van der Waals surface area contributed by atoms with Crippen LogP contribution >= 0.6 is 0 Å². The molecule has 0 radical (unpaired) electrons. The van der Waals surface area contributed by atoms with E-state index in [1.54, 1.807) is 12.1 Å². The summed E-state index contributed by atoms with van der Waals surface area (Å²) in [5.41, 5.74) is 0.520. The molecule has 0 saturated carbocycles. The van der Waals surface area contributed by atoms with E-state index in [-0.39, 0.29) is 11.7 Å². The van der Waals surface area contributed by atoms with E-state index in [4.69, 9.17) is 0 Å². The molecule has 104 valence electrons. The topological polar surface area (TPSA) is 40.5 Å². The first-order valence-corrected chi connectivity index (χ1v) is 7.15. The van der Waals surface area contributed by atoms with Crippen LogP contribution in [0.4, 0.5) is 0 Å². The van der Waals surface area contributed by atoms with E-state index >= 15 is 0 Å². The van der Waals surface area contributed by atoms with Gasteiger partial charge < -0.3 is 10.0 Å². The zero-order chi connectivity index (χ0) is 13.9. The van der Waals surface area contributed by atoms with E-state index in [1.807, 2.05) is 24.1 Å².